The van der Waals surface area contributed by atoms with Crippen LogP contribution in [0.1, 0.15) is 22.8 Å². The lowest BCUT2D eigenvalue weighted by molar-refractivity contribution is -0.153. The SMILES string of the molecule is COc1ccc2c(n1)C1(F)C(=O)N(Cc3ccc(C(F)(F)F)o3)c3cccc(c31)S2. The molecule has 1 aromatic carbocycles. The molecule has 2 aliphatic rings. The Labute approximate surface area is 171 Å². The zero-order valence-electron chi connectivity index (χ0n) is 15.3. The normalized spacial score (nSPS) is 19.6. The van der Waals surface area contributed by atoms with E-state index >= 15 is 4.39 Å². The van der Waals surface area contributed by atoms with Crippen LogP contribution in [0.15, 0.2) is 56.7 Å². The second-order valence-electron chi connectivity index (χ2n) is 6.77. The Balaban J connectivity index is 1.62. The Hall–Kier alpha value is -3.01. The fourth-order valence-electron chi connectivity index (χ4n) is 3.72. The molecule has 0 aliphatic carbocycles. The molecule has 154 valence electrons. The minimum Gasteiger partial charge on any atom is -0.481 e. The first-order chi connectivity index (χ1) is 14.2. The van der Waals surface area contributed by atoms with E-state index in [-0.39, 0.29) is 35.1 Å². The van der Waals surface area contributed by atoms with Crippen LogP contribution in [0.2, 0.25) is 0 Å². The standard InChI is InChI=1S/C20H12F4N2O3S/c1-28-15-8-6-13-17(25-15)19(21)16-11(3-2-4-12(16)30-13)26(18(19)27)9-10-5-7-14(29-10)20(22,23)24/h2-8H,9H2,1H3. The van der Waals surface area contributed by atoms with E-state index in [1.165, 1.54) is 18.9 Å². The van der Waals surface area contributed by atoms with Crippen LogP contribution in [0.25, 0.3) is 0 Å². The summed E-state index contributed by atoms with van der Waals surface area (Å²) in [6.45, 7) is -0.346. The Bertz CT molecular complexity index is 1190. The van der Waals surface area contributed by atoms with Crippen LogP contribution in [0.5, 0.6) is 5.88 Å². The van der Waals surface area contributed by atoms with Gasteiger partial charge in [-0.05, 0) is 30.3 Å². The number of pyridine rings is 1. The molecule has 0 spiro atoms. The molecular weight excluding hydrogens is 424 g/mol. The van der Waals surface area contributed by atoms with Gasteiger partial charge in [-0.3, -0.25) is 4.79 Å². The van der Waals surface area contributed by atoms with E-state index in [0.29, 0.717) is 9.79 Å². The van der Waals surface area contributed by atoms with Gasteiger partial charge in [0.15, 0.2) is 0 Å². The van der Waals surface area contributed by atoms with E-state index in [1.807, 2.05) is 0 Å². The zero-order valence-corrected chi connectivity index (χ0v) is 16.1. The number of hydrogen-bond acceptors (Lipinski definition) is 5. The number of carbonyl (C=O) groups excluding carboxylic acids is 1. The van der Waals surface area contributed by atoms with E-state index in [2.05, 4.69) is 4.98 Å². The summed E-state index contributed by atoms with van der Waals surface area (Å²) in [6, 6.07) is 10.0. The monoisotopic (exact) mass is 436 g/mol. The van der Waals surface area contributed by atoms with Crippen LogP contribution in [-0.2, 0) is 23.2 Å². The van der Waals surface area contributed by atoms with Crippen LogP contribution < -0.4 is 9.64 Å². The Morgan fingerprint density at radius 3 is 2.67 bits per heavy atom. The molecular formula is C20H12F4N2O3S. The van der Waals surface area contributed by atoms with E-state index in [1.54, 1.807) is 30.3 Å². The van der Waals surface area contributed by atoms with Crippen LogP contribution >= 0.6 is 11.8 Å². The third kappa shape index (κ3) is 2.56. The lowest BCUT2D eigenvalue weighted by Gasteiger charge is -2.27. The molecule has 0 N–H and O–H groups in total. The largest absolute Gasteiger partial charge is 0.481 e. The number of halogens is 4. The zero-order chi connectivity index (χ0) is 21.3. The molecule has 0 fully saturated rings. The molecule has 1 unspecified atom stereocenters. The molecule has 4 heterocycles. The number of fused-ring (bicyclic) bond motifs is 2. The van der Waals surface area contributed by atoms with Crippen molar-refractivity contribution >= 4 is 23.4 Å². The van der Waals surface area contributed by atoms with E-state index in [0.717, 1.165) is 17.0 Å². The molecule has 0 radical (unpaired) electrons. The van der Waals surface area contributed by atoms with Gasteiger partial charge in [0.1, 0.15) is 11.5 Å². The Morgan fingerprint density at radius 2 is 1.97 bits per heavy atom. The second kappa shape index (κ2) is 6.24. The van der Waals surface area contributed by atoms with Gasteiger partial charge in [-0.1, -0.05) is 17.8 Å². The number of rotatable bonds is 3. The third-order valence-electron chi connectivity index (χ3n) is 5.02. The number of benzene rings is 1. The molecule has 2 aliphatic heterocycles. The number of carbonyl (C=O) groups is 1. The first-order valence-corrected chi connectivity index (χ1v) is 9.59. The van der Waals surface area contributed by atoms with Gasteiger partial charge in [0.25, 0.3) is 11.6 Å². The smallest absolute Gasteiger partial charge is 0.449 e. The van der Waals surface area contributed by atoms with Crippen molar-refractivity contribution in [3.8, 4) is 5.88 Å². The van der Waals surface area contributed by atoms with Crippen molar-refractivity contribution in [3.05, 3.63) is 65.2 Å². The van der Waals surface area contributed by atoms with Gasteiger partial charge in [-0.15, -0.1) is 0 Å². The number of nitrogens with zero attached hydrogens (tertiary/aromatic N) is 2. The highest BCUT2D eigenvalue weighted by molar-refractivity contribution is 7.99. The number of anilines is 1. The molecule has 1 atom stereocenters. The van der Waals surface area contributed by atoms with Crippen molar-refractivity contribution in [1.29, 1.82) is 0 Å². The van der Waals surface area contributed by atoms with Gasteiger partial charge in [-0.25, -0.2) is 9.37 Å². The van der Waals surface area contributed by atoms with Gasteiger partial charge < -0.3 is 14.1 Å². The molecule has 1 amide bonds. The summed E-state index contributed by atoms with van der Waals surface area (Å²) in [5, 5.41) is 0. The third-order valence-corrected chi connectivity index (χ3v) is 6.13. The van der Waals surface area contributed by atoms with Crippen molar-refractivity contribution in [1.82, 2.24) is 4.98 Å². The highest BCUT2D eigenvalue weighted by Gasteiger charge is 2.58. The Morgan fingerprint density at radius 1 is 1.17 bits per heavy atom. The summed E-state index contributed by atoms with van der Waals surface area (Å²) in [5.41, 5.74) is -2.25. The van der Waals surface area contributed by atoms with Crippen LogP contribution in [-0.4, -0.2) is 18.0 Å². The van der Waals surface area contributed by atoms with Crippen molar-refractivity contribution in [2.45, 2.75) is 28.2 Å². The maximum atomic E-state index is 16.5. The summed E-state index contributed by atoms with van der Waals surface area (Å²) >= 11 is 1.27. The van der Waals surface area contributed by atoms with Crippen molar-refractivity contribution in [3.63, 3.8) is 0 Å². The molecule has 5 nitrogen and oxygen atoms in total. The topological polar surface area (TPSA) is 55.6 Å². The highest BCUT2D eigenvalue weighted by Crippen LogP contribution is 2.57. The Kier molecular flexibility index (Phi) is 3.95. The summed E-state index contributed by atoms with van der Waals surface area (Å²) in [7, 11) is 1.38. The average molecular weight is 436 g/mol. The van der Waals surface area contributed by atoms with Crippen LogP contribution in [0.3, 0.4) is 0 Å². The predicted octanol–water partition coefficient (Wildman–Crippen LogP) is 4.93. The fraction of sp³-hybridized carbons (Fsp3) is 0.200. The number of furan rings is 1. The predicted molar refractivity (Wildman–Crippen MR) is 98.1 cm³/mol. The first-order valence-electron chi connectivity index (χ1n) is 8.77. The number of ether oxygens (including phenoxy) is 1. The van der Waals surface area contributed by atoms with E-state index in [4.69, 9.17) is 9.15 Å². The number of aromatic nitrogens is 1. The van der Waals surface area contributed by atoms with Gasteiger partial charge >= 0.3 is 6.18 Å². The fourth-order valence-corrected chi connectivity index (χ4v) is 4.87. The number of hydrogen-bond donors (Lipinski definition) is 0. The van der Waals surface area contributed by atoms with Gasteiger partial charge in [0.05, 0.1) is 19.3 Å². The van der Waals surface area contributed by atoms with E-state index < -0.39 is 23.5 Å². The average Bonchev–Trinajstić information content (AvgIpc) is 3.27. The van der Waals surface area contributed by atoms with Crippen molar-refractivity contribution in [2.24, 2.45) is 0 Å². The molecule has 2 aromatic heterocycles. The first kappa shape index (κ1) is 19.0. The van der Waals surface area contributed by atoms with Gasteiger partial charge in [0, 0.05) is 21.4 Å². The molecule has 10 heteroatoms. The molecule has 0 bridgehead atoms. The quantitative estimate of drug-likeness (QED) is 0.545. The molecule has 0 saturated carbocycles. The summed E-state index contributed by atoms with van der Waals surface area (Å²) < 4.78 is 64.9. The van der Waals surface area contributed by atoms with Crippen molar-refractivity contribution < 1.29 is 31.5 Å². The number of alkyl halides is 4. The summed E-state index contributed by atoms with van der Waals surface area (Å²) in [5.74, 6) is -2.07. The second-order valence-corrected chi connectivity index (χ2v) is 7.85. The van der Waals surface area contributed by atoms with E-state index in [9.17, 15) is 18.0 Å². The molecule has 3 aromatic rings. The number of methoxy groups -OCH3 is 1. The minimum absolute atomic E-state index is 0.0882. The molecule has 5 rings (SSSR count). The number of amides is 1. The maximum Gasteiger partial charge on any atom is 0.449 e. The van der Waals surface area contributed by atoms with Gasteiger partial charge in [0.2, 0.25) is 11.6 Å². The van der Waals surface area contributed by atoms with Crippen LogP contribution in [0.4, 0.5) is 23.2 Å². The van der Waals surface area contributed by atoms with Gasteiger partial charge in [-0.2, -0.15) is 13.2 Å². The van der Waals surface area contributed by atoms with Crippen LogP contribution in [0, 0.1) is 0 Å². The summed E-state index contributed by atoms with van der Waals surface area (Å²) in [6.07, 6.45) is -4.65. The summed E-state index contributed by atoms with van der Waals surface area (Å²) in [4.78, 5) is 19.5. The molecule has 0 saturated heterocycles. The lowest BCUT2D eigenvalue weighted by atomic mass is 9.92. The maximum absolute atomic E-state index is 16.5. The highest BCUT2D eigenvalue weighted by atomic mass is 32.2. The lowest BCUT2D eigenvalue weighted by Crippen LogP contribution is -2.39. The minimum atomic E-state index is -4.65. The van der Waals surface area contributed by atoms with Crippen molar-refractivity contribution in [2.75, 3.05) is 12.0 Å². The molecule has 30 heavy (non-hydrogen) atoms.